The smallest absolute Gasteiger partial charge is 0.348 e. The van der Waals surface area contributed by atoms with E-state index in [-0.39, 0.29) is 6.42 Å². The van der Waals surface area contributed by atoms with Crippen LogP contribution in [0.5, 0.6) is 0 Å². The quantitative estimate of drug-likeness (QED) is 0.771. The predicted molar refractivity (Wildman–Crippen MR) is 92.8 cm³/mol. The molecule has 0 aliphatic carbocycles. The first-order valence-corrected chi connectivity index (χ1v) is 8.32. The molecule has 2 aromatic rings. The molecule has 0 unspecified atom stereocenters. The number of anilines is 1. The van der Waals surface area contributed by atoms with Crippen molar-refractivity contribution in [3.05, 3.63) is 16.3 Å². The number of carbonyl (C=O) groups is 2. The maximum absolute atomic E-state index is 11.9. The van der Waals surface area contributed by atoms with E-state index in [1.54, 1.807) is 6.92 Å². The number of fused-ring (bicyclic) bond motifs is 1. The summed E-state index contributed by atoms with van der Waals surface area (Å²) in [6, 6.07) is 0. The number of nitrogens with zero attached hydrogens (tertiary/aromatic N) is 2. The summed E-state index contributed by atoms with van der Waals surface area (Å²) in [5, 5.41) is 13.0. The van der Waals surface area contributed by atoms with Gasteiger partial charge in [-0.1, -0.05) is 0 Å². The minimum Gasteiger partial charge on any atom is -0.481 e. The number of thiophene rings is 1. The van der Waals surface area contributed by atoms with Gasteiger partial charge in [0.25, 0.3) is 0 Å². The molecule has 0 fully saturated rings. The van der Waals surface area contributed by atoms with Gasteiger partial charge in [-0.15, -0.1) is 11.3 Å². The summed E-state index contributed by atoms with van der Waals surface area (Å²) in [6.07, 6.45) is 0.503. The van der Waals surface area contributed by atoms with Crippen LogP contribution >= 0.6 is 11.3 Å². The molecule has 0 aliphatic heterocycles. The molecule has 0 aromatic carbocycles. The Bertz CT molecular complexity index is 798. The van der Waals surface area contributed by atoms with Crippen molar-refractivity contribution in [3.63, 3.8) is 0 Å². The standard InChI is InChI=1S/C16H21N3O4S/c1-8-11-13(19-16(3,4)7-6-10(20)21)17-9(2)18-14(11)24-12(8)15(22)23-5/h6-7H2,1-5H3,(H,20,21)(H,17,18,19). The largest absolute Gasteiger partial charge is 0.481 e. The predicted octanol–water partition coefficient (Wildman–Crippen LogP) is 3.15. The lowest BCUT2D eigenvalue weighted by molar-refractivity contribution is -0.137. The van der Waals surface area contributed by atoms with Gasteiger partial charge in [-0.2, -0.15) is 0 Å². The normalized spacial score (nSPS) is 11.5. The molecule has 0 amide bonds. The van der Waals surface area contributed by atoms with Crippen molar-refractivity contribution in [3.8, 4) is 0 Å². The van der Waals surface area contributed by atoms with Crippen LogP contribution in [-0.4, -0.2) is 39.7 Å². The summed E-state index contributed by atoms with van der Waals surface area (Å²) in [5.74, 6) is -0.0497. The number of nitrogens with one attached hydrogen (secondary N) is 1. The molecular formula is C16H21N3O4S. The van der Waals surface area contributed by atoms with Crippen LogP contribution < -0.4 is 5.32 Å². The van der Waals surface area contributed by atoms with E-state index >= 15 is 0 Å². The van der Waals surface area contributed by atoms with Crippen molar-refractivity contribution in [2.75, 3.05) is 12.4 Å². The molecule has 0 atom stereocenters. The highest BCUT2D eigenvalue weighted by atomic mass is 32.1. The molecule has 0 spiro atoms. The highest BCUT2D eigenvalue weighted by molar-refractivity contribution is 7.20. The highest BCUT2D eigenvalue weighted by Gasteiger charge is 2.25. The third kappa shape index (κ3) is 3.81. The monoisotopic (exact) mass is 351 g/mol. The number of ether oxygens (including phenoxy) is 1. The van der Waals surface area contributed by atoms with Gasteiger partial charge in [0, 0.05) is 12.0 Å². The maximum Gasteiger partial charge on any atom is 0.348 e. The van der Waals surface area contributed by atoms with Crippen molar-refractivity contribution in [2.24, 2.45) is 0 Å². The van der Waals surface area contributed by atoms with Gasteiger partial charge >= 0.3 is 11.9 Å². The van der Waals surface area contributed by atoms with Crippen molar-refractivity contribution in [1.29, 1.82) is 0 Å². The first-order valence-electron chi connectivity index (χ1n) is 7.50. The van der Waals surface area contributed by atoms with Crippen LogP contribution in [0.2, 0.25) is 0 Å². The number of aryl methyl sites for hydroxylation is 2. The van der Waals surface area contributed by atoms with Crippen molar-refractivity contribution < 1.29 is 19.4 Å². The second kappa shape index (κ2) is 6.72. The van der Waals surface area contributed by atoms with Gasteiger partial charge in [0.05, 0.1) is 12.5 Å². The first kappa shape index (κ1) is 18.1. The topological polar surface area (TPSA) is 101 Å². The Kier molecular flexibility index (Phi) is 5.08. The third-order valence-corrected chi connectivity index (χ3v) is 4.86. The fourth-order valence-electron chi connectivity index (χ4n) is 2.43. The number of esters is 1. The Balaban J connectivity index is 2.48. The SMILES string of the molecule is COC(=O)c1sc2nc(C)nc(NC(C)(C)CCC(=O)O)c2c1C. The van der Waals surface area contributed by atoms with Gasteiger partial charge in [0.1, 0.15) is 21.3 Å². The molecule has 7 nitrogen and oxygen atoms in total. The fraction of sp³-hybridized carbons (Fsp3) is 0.500. The Labute approximate surface area is 144 Å². The minimum absolute atomic E-state index is 0.0588. The van der Waals surface area contributed by atoms with Crippen molar-refractivity contribution >= 4 is 39.3 Å². The van der Waals surface area contributed by atoms with E-state index in [9.17, 15) is 9.59 Å². The van der Waals surface area contributed by atoms with E-state index in [1.807, 2.05) is 20.8 Å². The van der Waals surface area contributed by atoms with Crippen LogP contribution in [-0.2, 0) is 9.53 Å². The van der Waals surface area contributed by atoms with Crippen LogP contribution in [0.3, 0.4) is 0 Å². The minimum atomic E-state index is -0.839. The number of carbonyl (C=O) groups excluding carboxylic acids is 1. The number of methoxy groups -OCH3 is 1. The van der Waals surface area contributed by atoms with E-state index < -0.39 is 17.5 Å². The van der Waals surface area contributed by atoms with Crippen molar-refractivity contribution in [1.82, 2.24) is 9.97 Å². The lowest BCUT2D eigenvalue weighted by atomic mass is 9.98. The number of rotatable bonds is 6. The second-order valence-electron chi connectivity index (χ2n) is 6.25. The van der Waals surface area contributed by atoms with E-state index in [2.05, 4.69) is 15.3 Å². The van der Waals surface area contributed by atoms with Gasteiger partial charge < -0.3 is 15.2 Å². The Morgan fingerprint density at radius 1 is 1.29 bits per heavy atom. The van der Waals surface area contributed by atoms with E-state index in [0.29, 0.717) is 27.8 Å². The zero-order chi connectivity index (χ0) is 18.1. The lowest BCUT2D eigenvalue weighted by Crippen LogP contribution is -2.32. The molecule has 130 valence electrons. The molecule has 2 aromatic heterocycles. The average molecular weight is 351 g/mol. The molecule has 0 saturated carbocycles. The Hall–Kier alpha value is -2.22. The van der Waals surface area contributed by atoms with E-state index in [4.69, 9.17) is 9.84 Å². The summed E-state index contributed by atoms with van der Waals surface area (Å²) in [4.78, 5) is 32.8. The van der Waals surface area contributed by atoms with E-state index in [0.717, 1.165) is 10.9 Å². The molecule has 0 radical (unpaired) electrons. The maximum atomic E-state index is 11.9. The number of carboxylic acids is 1. The zero-order valence-corrected chi connectivity index (χ0v) is 15.2. The third-order valence-electron chi connectivity index (χ3n) is 3.69. The number of hydrogen-bond donors (Lipinski definition) is 2. The molecular weight excluding hydrogens is 330 g/mol. The number of carboxylic acid groups (broad SMARTS) is 1. The summed E-state index contributed by atoms with van der Waals surface area (Å²) in [5.41, 5.74) is 0.296. The first-order chi connectivity index (χ1) is 11.1. The molecule has 0 aliphatic rings. The Morgan fingerprint density at radius 2 is 1.96 bits per heavy atom. The van der Waals surface area contributed by atoms with Crippen LogP contribution in [0.4, 0.5) is 5.82 Å². The molecule has 2 N–H and O–H groups in total. The van der Waals surface area contributed by atoms with E-state index in [1.165, 1.54) is 18.4 Å². The van der Waals surface area contributed by atoms with Crippen LogP contribution in [0, 0.1) is 13.8 Å². The summed E-state index contributed by atoms with van der Waals surface area (Å²) >= 11 is 1.27. The average Bonchev–Trinajstić information content (AvgIpc) is 2.81. The van der Waals surface area contributed by atoms with Crippen molar-refractivity contribution in [2.45, 2.75) is 46.1 Å². The number of aromatic nitrogens is 2. The van der Waals surface area contributed by atoms with Gasteiger partial charge in [-0.05, 0) is 39.7 Å². The summed E-state index contributed by atoms with van der Waals surface area (Å²) in [6.45, 7) is 7.45. The van der Waals surface area contributed by atoms with Crippen LogP contribution in [0.15, 0.2) is 0 Å². The van der Waals surface area contributed by atoms with Crippen LogP contribution in [0.1, 0.15) is 47.7 Å². The molecule has 24 heavy (non-hydrogen) atoms. The molecule has 8 heteroatoms. The fourth-order valence-corrected chi connectivity index (χ4v) is 3.57. The van der Waals surface area contributed by atoms with Gasteiger partial charge in [0.15, 0.2) is 0 Å². The lowest BCUT2D eigenvalue weighted by Gasteiger charge is -2.27. The molecule has 0 saturated heterocycles. The molecule has 2 heterocycles. The zero-order valence-electron chi connectivity index (χ0n) is 14.4. The van der Waals surface area contributed by atoms with Gasteiger partial charge in [0.2, 0.25) is 0 Å². The highest BCUT2D eigenvalue weighted by Crippen LogP contribution is 2.35. The Morgan fingerprint density at radius 3 is 2.54 bits per heavy atom. The van der Waals surface area contributed by atoms with Gasteiger partial charge in [-0.3, -0.25) is 4.79 Å². The summed E-state index contributed by atoms with van der Waals surface area (Å²) < 4.78 is 4.82. The molecule has 2 rings (SSSR count). The summed E-state index contributed by atoms with van der Waals surface area (Å²) in [7, 11) is 1.34. The number of aliphatic carboxylic acids is 1. The van der Waals surface area contributed by atoms with Gasteiger partial charge in [-0.25, -0.2) is 14.8 Å². The molecule has 0 bridgehead atoms. The van der Waals surface area contributed by atoms with Crippen LogP contribution in [0.25, 0.3) is 10.2 Å². The number of hydrogen-bond acceptors (Lipinski definition) is 7. The second-order valence-corrected chi connectivity index (χ2v) is 7.25.